The lowest BCUT2D eigenvalue weighted by Crippen LogP contribution is -2.56. The number of aryl methyl sites for hydroxylation is 2. The Morgan fingerprint density at radius 1 is 0.875 bits per heavy atom. The number of carbonyl (C=O) groups excluding carboxylic acids is 3. The first-order chi connectivity index (χ1) is 15.3. The van der Waals surface area contributed by atoms with E-state index in [9.17, 15) is 14.4 Å². The fourth-order valence-corrected chi connectivity index (χ4v) is 3.99. The second-order valence-corrected chi connectivity index (χ2v) is 8.95. The summed E-state index contributed by atoms with van der Waals surface area (Å²) < 4.78 is 0. The van der Waals surface area contributed by atoms with Gasteiger partial charge in [0.05, 0.1) is 0 Å². The fourth-order valence-electron chi connectivity index (χ4n) is 3.99. The number of piperazine rings is 1. The SMILES string of the molecule is Cc1ccc(C(=O)N2CCN(C(=O)C(CC(C)C)NC(=O)c3ccccc3C)CC2)cc1. The molecule has 1 unspecified atom stereocenters. The van der Waals surface area contributed by atoms with Gasteiger partial charge in [-0.1, -0.05) is 49.7 Å². The molecule has 1 atom stereocenters. The van der Waals surface area contributed by atoms with Crippen LogP contribution in [0.4, 0.5) is 0 Å². The Hall–Kier alpha value is -3.15. The summed E-state index contributed by atoms with van der Waals surface area (Å²) in [4.78, 5) is 42.4. The summed E-state index contributed by atoms with van der Waals surface area (Å²) in [6, 6.07) is 14.3. The smallest absolute Gasteiger partial charge is 0.253 e. The van der Waals surface area contributed by atoms with Gasteiger partial charge in [0.15, 0.2) is 0 Å². The number of benzene rings is 2. The number of hydrogen-bond donors (Lipinski definition) is 1. The minimum absolute atomic E-state index is 0.0105. The van der Waals surface area contributed by atoms with Crippen LogP contribution in [0.15, 0.2) is 48.5 Å². The van der Waals surface area contributed by atoms with Crippen LogP contribution in [0.2, 0.25) is 0 Å². The van der Waals surface area contributed by atoms with Crippen molar-refractivity contribution in [1.82, 2.24) is 15.1 Å². The Kier molecular flexibility index (Phi) is 7.67. The molecule has 3 amide bonds. The van der Waals surface area contributed by atoms with Crippen LogP contribution in [0.25, 0.3) is 0 Å². The van der Waals surface area contributed by atoms with Crippen LogP contribution >= 0.6 is 0 Å². The van der Waals surface area contributed by atoms with E-state index in [0.717, 1.165) is 11.1 Å². The Bertz CT molecular complexity index is 961. The van der Waals surface area contributed by atoms with Crippen LogP contribution in [0.1, 0.15) is 52.1 Å². The number of nitrogens with one attached hydrogen (secondary N) is 1. The van der Waals surface area contributed by atoms with Crippen molar-refractivity contribution in [2.75, 3.05) is 26.2 Å². The molecule has 170 valence electrons. The zero-order chi connectivity index (χ0) is 23.3. The monoisotopic (exact) mass is 435 g/mol. The molecule has 3 rings (SSSR count). The first-order valence-corrected chi connectivity index (χ1v) is 11.3. The average molecular weight is 436 g/mol. The zero-order valence-electron chi connectivity index (χ0n) is 19.4. The van der Waals surface area contributed by atoms with Gasteiger partial charge < -0.3 is 15.1 Å². The second kappa shape index (κ2) is 10.4. The summed E-state index contributed by atoms with van der Waals surface area (Å²) >= 11 is 0. The van der Waals surface area contributed by atoms with Crippen molar-refractivity contribution in [3.05, 3.63) is 70.8 Å². The standard InChI is InChI=1S/C26H33N3O3/c1-18(2)17-23(27-24(30)22-8-6-5-7-20(22)4)26(32)29-15-13-28(14-16-29)25(31)21-11-9-19(3)10-12-21/h5-12,18,23H,13-17H2,1-4H3,(H,27,30). The topological polar surface area (TPSA) is 69.7 Å². The maximum absolute atomic E-state index is 13.3. The molecule has 1 aliphatic rings. The van der Waals surface area contributed by atoms with Crippen LogP contribution in [0, 0.1) is 19.8 Å². The van der Waals surface area contributed by atoms with E-state index in [1.54, 1.807) is 15.9 Å². The number of nitrogens with zero attached hydrogens (tertiary/aromatic N) is 2. The van der Waals surface area contributed by atoms with E-state index in [1.807, 2.05) is 70.2 Å². The highest BCUT2D eigenvalue weighted by Gasteiger charge is 2.31. The van der Waals surface area contributed by atoms with Crippen molar-refractivity contribution in [3.8, 4) is 0 Å². The molecule has 0 spiro atoms. The molecule has 0 saturated carbocycles. The highest BCUT2D eigenvalue weighted by atomic mass is 16.2. The molecule has 32 heavy (non-hydrogen) atoms. The van der Waals surface area contributed by atoms with Crippen LogP contribution < -0.4 is 5.32 Å². The molecular formula is C26H33N3O3. The third kappa shape index (κ3) is 5.75. The molecule has 0 bridgehead atoms. The molecule has 1 N–H and O–H groups in total. The Labute approximate surface area is 190 Å². The number of hydrogen-bond acceptors (Lipinski definition) is 3. The molecular weight excluding hydrogens is 402 g/mol. The van der Waals surface area contributed by atoms with Crippen LogP contribution in [0.5, 0.6) is 0 Å². The van der Waals surface area contributed by atoms with Gasteiger partial charge in [-0.2, -0.15) is 0 Å². The van der Waals surface area contributed by atoms with E-state index in [1.165, 1.54) is 0 Å². The summed E-state index contributed by atoms with van der Waals surface area (Å²) in [5.74, 6) is -0.0624. The average Bonchev–Trinajstić information content (AvgIpc) is 2.78. The fraction of sp³-hybridized carbons (Fsp3) is 0.423. The van der Waals surface area contributed by atoms with Gasteiger partial charge in [0.2, 0.25) is 5.91 Å². The van der Waals surface area contributed by atoms with Crippen molar-refractivity contribution in [1.29, 1.82) is 0 Å². The summed E-state index contributed by atoms with van der Waals surface area (Å²) in [5.41, 5.74) is 3.24. The largest absolute Gasteiger partial charge is 0.340 e. The lowest BCUT2D eigenvalue weighted by Gasteiger charge is -2.37. The van der Waals surface area contributed by atoms with Crippen molar-refractivity contribution in [2.45, 2.75) is 40.2 Å². The minimum atomic E-state index is -0.582. The van der Waals surface area contributed by atoms with Crippen LogP contribution in [-0.2, 0) is 4.79 Å². The Morgan fingerprint density at radius 3 is 2.06 bits per heavy atom. The van der Waals surface area contributed by atoms with Gasteiger partial charge in [-0.3, -0.25) is 14.4 Å². The van der Waals surface area contributed by atoms with Gasteiger partial charge in [-0.05, 0) is 49.9 Å². The normalized spacial score (nSPS) is 14.9. The van der Waals surface area contributed by atoms with Crippen molar-refractivity contribution in [3.63, 3.8) is 0 Å². The van der Waals surface area contributed by atoms with Gasteiger partial charge in [0.1, 0.15) is 6.04 Å². The first kappa shape index (κ1) is 23.5. The summed E-state index contributed by atoms with van der Waals surface area (Å²) in [6.45, 7) is 9.85. The first-order valence-electron chi connectivity index (χ1n) is 11.3. The molecule has 1 saturated heterocycles. The maximum atomic E-state index is 13.3. The van der Waals surface area contributed by atoms with Crippen LogP contribution in [-0.4, -0.2) is 59.7 Å². The molecule has 2 aromatic rings. The molecule has 1 aliphatic heterocycles. The molecule has 0 radical (unpaired) electrons. The maximum Gasteiger partial charge on any atom is 0.253 e. The summed E-state index contributed by atoms with van der Waals surface area (Å²) in [6.07, 6.45) is 0.568. The van der Waals surface area contributed by atoms with Gasteiger partial charge in [-0.25, -0.2) is 0 Å². The molecule has 0 aliphatic carbocycles. The van der Waals surface area contributed by atoms with Crippen molar-refractivity contribution in [2.24, 2.45) is 5.92 Å². The quantitative estimate of drug-likeness (QED) is 0.756. The lowest BCUT2D eigenvalue weighted by atomic mass is 10.0. The summed E-state index contributed by atoms with van der Waals surface area (Å²) in [5, 5.41) is 2.96. The van der Waals surface area contributed by atoms with E-state index in [0.29, 0.717) is 43.7 Å². The predicted molar refractivity (Wildman–Crippen MR) is 126 cm³/mol. The lowest BCUT2D eigenvalue weighted by molar-refractivity contribution is -0.135. The van der Waals surface area contributed by atoms with Gasteiger partial charge in [-0.15, -0.1) is 0 Å². The van der Waals surface area contributed by atoms with E-state index < -0.39 is 6.04 Å². The second-order valence-electron chi connectivity index (χ2n) is 8.95. The van der Waals surface area contributed by atoms with Crippen molar-refractivity contribution >= 4 is 17.7 Å². The highest BCUT2D eigenvalue weighted by Crippen LogP contribution is 2.15. The van der Waals surface area contributed by atoms with E-state index in [4.69, 9.17) is 0 Å². The Balaban J connectivity index is 1.63. The number of carbonyl (C=O) groups is 3. The highest BCUT2D eigenvalue weighted by molar-refractivity contribution is 5.98. The molecule has 2 aromatic carbocycles. The van der Waals surface area contributed by atoms with Crippen LogP contribution in [0.3, 0.4) is 0 Å². The number of rotatable bonds is 6. The number of amides is 3. The molecule has 0 aromatic heterocycles. The summed E-state index contributed by atoms with van der Waals surface area (Å²) in [7, 11) is 0. The third-order valence-electron chi connectivity index (χ3n) is 5.88. The third-order valence-corrected chi connectivity index (χ3v) is 5.88. The van der Waals surface area contributed by atoms with E-state index in [2.05, 4.69) is 5.32 Å². The Morgan fingerprint density at radius 2 is 1.47 bits per heavy atom. The van der Waals surface area contributed by atoms with Gasteiger partial charge in [0.25, 0.3) is 11.8 Å². The predicted octanol–water partition coefficient (Wildman–Crippen LogP) is 3.43. The molecule has 6 nitrogen and oxygen atoms in total. The van der Waals surface area contributed by atoms with Crippen molar-refractivity contribution < 1.29 is 14.4 Å². The van der Waals surface area contributed by atoms with E-state index >= 15 is 0 Å². The minimum Gasteiger partial charge on any atom is -0.340 e. The molecule has 1 fully saturated rings. The van der Waals surface area contributed by atoms with E-state index in [-0.39, 0.29) is 23.6 Å². The zero-order valence-corrected chi connectivity index (χ0v) is 19.4. The molecule has 1 heterocycles. The molecule has 6 heteroatoms. The van der Waals surface area contributed by atoms with Gasteiger partial charge in [0, 0.05) is 37.3 Å². The van der Waals surface area contributed by atoms with Gasteiger partial charge >= 0.3 is 0 Å².